The number of ether oxygens (including phenoxy) is 1. The minimum Gasteiger partial charge on any atom is -0.466 e. The summed E-state index contributed by atoms with van der Waals surface area (Å²) >= 11 is 0. The Bertz CT molecular complexity index is 323. The summed E-state index contributed by atoms with van der Waals surface area (Å²) in [6, 6.07) is 0.532. The van der Waals surface area contributed by atoms with Gasteiger partial charge in [0.25, 0.3) is 0 Å². The van der Waals surface area contributed by atoms with Crippen LogP contribution in [0.2, 0.25) is 0 Å². The maximum Gasteiger partial charge on any atom is 0.305 e. The summed E-state index contributed by atoms with van der Waals surface area (Å²) in [5, 5.41) is 6.79. The molecule has 0 spiro atoms. The SMILES string of the molecule is CCNC(=NCCCC(=O)OCC)NC1CCC(C)CC1. The zero-order valence-corrected chi connectivity index (χ0v) is 13.8. The molecule has 0 aromatic carbocycles. The predicted octanol–water partition coefficient (Wildman–Crippen LogP) is 2.46. The maximum absolute atomic E-state index is 11.3. The first kappa shape index (κ1) is 17.8. The zero-order valence-electron chi connectivity index (χ0n) is 13.8. The van der Waals surface area contributed by atoms with Crippen molar-refractivity contribution in [1.82, 2.24) is 10.6 Å². The molecule has 5 heteroatoms. The molecule has 1 fully saturated rings. The van der Waals surface area contributed by atoms with Crippen molar-refractivity contribution in [3.05, 3.63) is 0 Å². The standard InChI is InChI=1S/C16H31N3O2/c1-4-17-16(18-12-6-7-15(20)21-5-2)19-14-10-8-13(3)9-11-14/h13-14H,4-12H2,1-3H3,(H2,17,18,19). The highest BCUT2D eigenvalue weighted by Crippen LogP contribution is 2.23. The lowest BCUT2D eigenvalue weighted by molar-refractivity contribution is -0.143. The molecular weight excluding hydrogens is 266 g/mol. The van der Waals surface area contributed by atoms with Gasteiger partial charge in [-0.1, -0.05) is 6.92 Å². The number of aliphatic imine (C=N–C) groups is 1. The van der Waals surface area contributed by atoms with Crippen LogP contribution in [0.4, 0.5) is 0 Å². The molecule has 0 unspecified atom stereocenters. The van der Waals surface area contributed by atoms with Crippen molar-refractivity contribution in [3.63, 3.8) is 0 Å². The van der Waals surface area contributed by atoms with E-state index < -0.39 is 0 Å². The summed E-state index contributed by atoms with van der Waals surface area (Å²) in [5.41, 5.74) is 0. The number of guanidine groups is 1. The van der Waals surface area contributed by atoms with E-state index in [1.165, 1.54) is 25.7 Å². The van der Waals surface area contributed by atoms with Crippen LogP contribution < -0.4 is 10.6 Å². The summed E-state index contributed by atoms with van der Waals surface area (Å²) in [4.78, 5) is 15.8. The van der Waals surface area contributed by atoms with E-state index in [0.29, 0.717) is 25.6 Å². The van der Waals surface area contributed by atoms with Crippen LogP contribution in [-0.2, 0) is 9.53 Å². The fourth-order valence-electron chi connectivity index (χ4n) is 2.57. The second-order valence-corrected chi connectivity index (χ2v) is 5.77. The third kappa shape index (κ3) is 7.93. The van der Waals surface area contributed by atoms with Crippen molar-refractivity contribution in [1.29, 1.82) is 0 Å². The Hall–Kier alpha value is -1.26. The summed E-state index contributed by atoms with van der Waals surface area (Å²) in [5.74, 6) is 1.60. The minimum atomic E-state index is -0.132. The number of carbonyl (C=O) groups excluding carboxylic acids is 1. The van der Waals surface area contributed by atoms with Crippen molar-refractivity contribution in [3.8, 4) is 0 Å². The van der Waals surface area contributed by atoms with Gasteiger partial charge in [0.05, 0.1) is 6.61 Å². The van der Waals surface area contributed by atoms with Crippen molar-refractivity contribution < 1.29 is 9.53 Å². The van der Waals surface area contributed by atoms with Gasteiger partial charge in [-0.2, -0.15) is 0 Å². The number of esters is 1. The maximum atomic E-state index is 11.3. The van der Waals surface area contributed by atoms with Gasteiger partial charge in [-0.05, 0) is 51.9 Å². The second kappa shape index (κ2) is 10.5. The Morgan fingerprint density at radius 1 is 1.24 bits per heavy atom. The molecular formula is C16H31N3O2. The highest BCUT2D eigenvalue weighted by atomic mass is 16.5. The Morgan fingerprint density at radius 3 is 2.57 bits per heavy atom. The molecule has 21 heavy (non-hydrogen) atoms. The van der Waals surface area contributed by atoms with Gasteiger partial charge in [0, 0.05) is 25.6 Å². The lowest BCUT2D eigenvalue weighted by Gasteiger charge is -2.28. The first-order valence-corrected chi connectivity index (χ1v) is 8.36. The van der Waals surface area contributed by atoms with Gasteiger partial charge in [0.2, 0.25) is 0 Å². The molecule has 1 rings (SSSR count). The first-order valence-electron chi connectivity index (χ1n) is 8.36. The predicted molar refractivity (Wildman–Crippen MR) is 86.4 cm³/mol. The molecule has 122 valence electrons. The van der Waals surface area contributed by atoms with Crippen LogP contribution in [0.15, 0.2) is 4.99 Å². The van der Waals surface area contributed by atoms with Crippen molar-refractivity contribution >= 4 is 11.9 Å². The third-order valence-corrected chi connectivity index (χ3v) is 3.82. The largest absolute Gasteiger partial charge is 0.466 e. The fraction of sp³-hybridized carbons (Fsp3) is 0.875. The Labute approximate surface area is 128 Å². The molecule has 1 saturated carbocycles. The van der Waals surface area contributed by atoms with Crippen LogP contribution in [0.1, 0.15) is 59.3 Å². The molecule has 0 radical (unpaired) electrons. The molecule has 1 aliphatic rings. The summed E-state index contributed by atoms with van der Waals surface area (Å²) in [7, 11) is 0. The van der Waals surface area contributed by atoms with Crippen LogP contribution in [0, 0.1) is 5.92 Å². The molecule has 1 aliphatic carbocycles. The van der Waals surface area contributed by atoms with Crippen molar-refractivity contribution in [2.45, 2.75) is 65.3 Å². The van der Waals surface area contributed by atoms with E-state index in [1.807, 2.05) is 6.92 Å². The quantitative estimate of drug-likeness (QED) is 0.328. The average molecular weight is 297 g/mol. The lowest BCUT2D eigenvalue weighted by Crippen LogP contribution is -2.44. The molecule has 0 bridgehead atoms. The minimum absolute atomic E-state index is 0.132. The monoisotopic (exact) mass is 297 g/mol. The number of nitrogens with zero attached hydrogens (tertiary/aromatic N) is 1. The number of hydrogen-bond acceptors (Lipinski definition) is 3. The van der Waals surface area contributed by atoms with E-state index in [0.717, 1.165) is 24.8 Å². The average Bonchev–Trinajstić information content (AvgIpc) is 2.46. The Kier molecular flexibility index (Phi) is 8.87. The van der Waals surface area contributed by atoms with E-state index in [9.17, 15) is 4.79 Å². The summed E-state index contributed by atoms with van der Waals surface area (Å²) in [6.45, 7) is 8.18. The smallest absolute Gasteiger partial charge is 0.305 e. The van der Waals surface area contributed by atoms with E-state index in [2.05, 4.69) is 29.5 Å². The highest BCUT2D eigenvalue weighted by molar-refractivity contribution is 5.80. The van der Waals surface area contributed by atoms with Crippen LogP contribution in [-0.4, -0.2) is 37.7 Å². The van der Waals surface area contributed by atoms with Crippen molar-refractivity contribution in [2.24, 2.45) is 10.9 Å². The lowest BCUT2D eigenvalue weighted by atomic mass is 9.87. The number of rotatable bonds is 7. The van der Waals surface area contributed by atoms with Crippen LogP contribution in [0.25, 0.3) is 0 Å². The van der Waals surface area contributed by atoms with Gasteiger partial charge >= 0.3 is 5.97 Å². The fourth-order valence-corrected chi connectivity index (χ4v) is 2.57. The normalized spacial score (nSPS) is 22.7. The van der Waals surface area contributed by atoms with Gasteiger partial charge in [0.15, 0.2) is 5.96 Å². The molecule has 0 aliphatic heterocycles. The Morgan fingerprint density at radius 2 is 1.95 bits per heavy atom. The van der Waals surface area contributed by atoms with Crippen LogP contribution >= 0.6 is 0 Å². The molecule has 0 aromatic heterocycles. The van der Waals surface area contributed by atoms with Gasteiger partial charge in [-0.3, -0.25) is 9.79 Å². The molecule has 0 aromatic rings. The molecule has 0 saturated heterocycles. The van der Waals surface area contributed by atoms with Crippen LogP contribution in [0.3, 0.4) is 0 Å². The third-order valence-electron chi connectivity index (χ3n) is 3.82. The van der Waals surface area contributed by atoms with Crippen LogP contribution in [0.5, 0.6) is 0 Å². The van der Waals surface area contributed by atoms with E-state index in [1.54, 1.807) is 0 Å². The molecule has 5 nitrogen and oxygen atoms in total. The van der Waals surface area contributed by atoms with Gasteiger partial charge in [-0.25, -0.2) is 0 Å². The number of hydrogen-bond donors (Lipinski definition) is 2. The van der Waals surface area contributed by atoms with Gasteiger partial charge in [0.1, 0.15) is 0 Å². The summed E-state index contributed by atoms with van der Waals surface area (Å²) < 4.78 is 4.91. The number of carbonyl (C=O) groups is 1. The van der Waals surface area contributed by atoms with E-state index >= 15 is 0 Å². The van der Waals surface area contributed by atoms with E-state index in [4.69, 9.17) is 4.74 Å². The topological polar surface area (TPSA) is 62.7 Å². The first-order chi connectivity index (χ1) is 10.2. The molecule has 0 heterocycles. The summed E-state index contributed by atoms with van der Waals surface area (Å²) in [6.07, 6.45) is 6.19. The zero-order chi connectivity index (χ0) is 15.5. The molecule has 0 amide bonds. The second-order valence-electron chi connectivity index (χ2n) is 5.77. The number of nitrogens with one attached hydrogen (secondary N) is 2. The van der Waals surface area contributed by atoms with Crippen molar-refractivity contribution in [2.75, 3.05) is 19.7 Å². The highest BCUT2D eigenvalue weighted by Gasteiger charge is 2.18. The molecule has 2 N–H and O–H groups in total. The van der Waals surface area contributed by atoms with E-state index in [-0.39, 0.29) is 5.97 Å². The molecule has 0 atom stereocenters. The van der Waals surface area contributed by atoms with Gasteiger partial charge < -0.3 is 15.4 Å². The van der Waals surface area contributed by atoms with Gasteiger partial charge in [-0.15, -0.1) is 0 Å². The Balaban J connectivity index is 2.30.